The predicted molar refractivity (Wildman–Crippen MR) is 70.9 cm³/mol. The molecule has 2 nitrogen and oxygen atoms in total. The molecule has 1 aromatic carbocycles. The van der Waals surface area contributed by atoms with Crippen molar-refractivity contribution in [1.82, 2.24) is 5.32 Å². The number of hydrogen-bond acceptors (Lipinski definition) is 2. The largest absolute Gasteiger partial charge is 0.396 e. The number of rotatable bonds is 4. The van der Waals surface area contributed by atoms with Crippen LogP contribution in [0.15, 0.2) is 18.2 Å². The molecular formula is C15H22FNO. The number of fused-ring (bicyclic) bond motifs is 1. The van der Waals surface area contributed by atoms with Gasteiger partial charge in [-0.25, -0.2) is 4.39 Å². The molecule has 2 N–H and O–H groups in total. The Kier molecular flexibility index (Phi) is 4.36. The highest BCUT2D eigenvalue weighted by Crippen LogP contribution is 2.35. The minimum atomic E-state index is -0.0824. The van der Waals surface area contributed by atoms with Crippen molar-refractivity contribution in [3.05, 3.63) is 35.1 Å². The van der Waals surface area contributed by atoms with Gasteiger partial charge >= 0.3 is 0 Å². The molecule has 0 radical (unpaired) electrons. The van der Waals surface area contributed by atoms with Gasteiger partial charge in [0.1, 0.15) is 5.82 Å². The lowest BCUT2D eigenvalue weighted by atomic mass is 9.80. The van der Waals surface area contributed by atoms with Crippen LogP contribution in [0.4, 0.5) is 4.39 Å². The van der Waals surface area contributed by atoms with Crippen LogP contribution in [0.25, 0.3) is 0 Å². The third-order valence-corrected chi connectivity index (χ3v) is 3.94. The standard InChI is InChI=1S/C15H22FNO/c1-10-6-7-12-13(4-3-5-14(12)16)15(10)17-11(2)8-9-18/h3-5,10-11,15,17-18H,6-9H2,1-2H3. The predicted octanol–water partition coefficient (Wildman–Crippen LogP) is 2.81. The molecule has 0 amide bonds. The molecule has 0 aromatic heterocycles. The molecule has 0 aliphatic heterocycles. The average molecular weight is 251 g/mol. The van der Waals surface area contributed by atoms with Gasteiger partial charge in [-0.15, -0.1) is 0 Å². The lowest BCUT2D eigenvalue weighted by Crippen LogP contribution is -2.37. The van der Waals surface area contributed by atoms with Crippen molar-refractivity contribution in [2.45, 2.75) is 45.2 Å². The van der Waals surface area contributed by atoms with Crippen LogP contribution >= 0.6 is 0 Å². The summed E-state index contributed by atoms with van der Waals surface area (Å²) in [5.41, 5.74) is 1.96. The van der Waals surface area contributed by atoms with Crippen molar-refractivity contribution in [2.24, 2.45) is 5.92 Å². The van der Waals surface area contributed by atoms with Crippen molar-refractivity contribution >= 4 is 0 Å². The summed E-state index contributed by atoms with van der Waals surface area (Å²) in [6.45, 7) is 4.46. The highest BCUT2D eigenvalue weighted by molar-refractivity contribution is 5.34. The van der Waals surface area contributed by atoms with E-state index in [2.05, 4.69) is 19.2 Å². The zero-order valence-corrected chi connectivity index (χ0v) is 11.1. The van der Waals surface area contributed by atoms with Gasteiger partial charge in [0.05, 0.1) is 0 Å². The number of benzene rings is 1. The number of hydrogen-bond donors (Lipinski definition) is 2. The SMILES string of the molecule is CC(CCO)NC1c2cccc(F)c2CCC1C. The molecule has 0 bridgehead atoms. The second-order valence-corrected chi connectivity index (χ2v) is 5.38. The molecule has 0 saturated heterocycles. The van der Waals surface area contributed by atoms with Crippen LogP contribution in [-0.2, 0) is 6.42 Å². The molecule has 1 aliphatic rings. The zero-order valence-electron chi connectivity index (χ0n) is 11.1. The molecule has 1 aromatic rings. The van der Waals surface area contributed by atoms with E-state index < -0.39 is 0 Å². The van der Waals surface area contributed by atoms with Crippen molar-refractivity contribution in [3.63, 3.8) is 0 Å². The number of halogens is 1. The summed E-state index contributed by atoms with van der Waals surface area (Å²) in [5, 5.41) is 12.5. The van der Waals surface area contributed by atoms with Crippen LogP contribution in [0.5, 0.6) is 0 Å². The summed E-state index contributed by atoms with van der Waals surface area (Å²) in [4.78, 5) is 0. The summed E-state index contributed by atoms with van der Waals surface area (Å²) in [7, 11) is 0. The van der Waals surface area contributed by atoms with Gasteiger partial charge in [0.25, 0.3) is 0 Å². The maximum atomic E-state index is 13.8. The van der Waals surface area contributed by atoms with Gasteiger partial charge < -0.3 is 10.4 Å². The summed E-state index contributed by atoms with van der Waals surface area (Å²) < 4.78 is 13.8. The van der Waals surface area contributed by atoms with Gasteiger partial charge in [-0.3, -0.25) is 0 Å². The van der Waals surface area contributed by atoms with E-state index in [0.717, 1.165) is 30.4 Å². The Hall–Kier alpha value is -0.930. The van der Waals surface area contributed by atoms with Crippen LogP contribution in [0.2, 0.25) is 0 Å². The molecule has 3 heteroatoms. The lowest BCUT2D eigenvalue weighted by molar-refractivity contribution is 0.246. The first-order valence-corrected chi connectivity index (χ1v) is 6.77. The van der Waals surface area contributed by atoms with Gasteiger partial charge in [-0.2, -0.15) is 0 Å². The maximum Gasteiger partial charge on any atom is 0.126 e. The van der Waals surface area contributed by atoms with Gasteiger partial charge in [-0.05, 0) is 49.3 Å². The molecule has 0 spiro atoms. The molecular weight excluding hydrogens is 229 g/mol. The first-order chi connectivity index (χ1) is 8.63. The van der Waals surface area contributed by atoms with Crippen molar-refractivity contribution in [2.75, 3.05) is 6.61 Å². The van der Waals surface area contributed by atoms with Crippen LogP contribution in [0, 0.1) is 11.7 Å². The van der Waals surface area contributed by atoms with Gasteiger partial charge in [0.15, 0.2) is 0 Å². The van der Waals surface area contributed by atoms with Crippen LogP contribution in [0.1, 0.15) is 43.9 Å². The Morgan fingerprint density at radius 1 is 1.50 bits per heavy atom. The van der Waals surface area contributed by atoms with E-state index >= 15 is 0 Å². The number of aliphatic hydroxyl groups excluding tert-OH is 1. The van der Waals surface area contributed by atoms with Crippen molar-refractivity contribution < 1.29 is 9.50 Å². The smallest absolute Gasteiger partial charge is 0.126 e. The Balaban J connectivity index is 2.22. The van der Waals surface area contributed by atoms with Crippen LogP contribution < -0.4 is 5.32 Å². The second-order valence-electron chi connectivity index (χ2n) is 5.38. The Morgan fingerprint density at radius 3 is 3.00 bits per heavy atom. The second kappa shape index (κ2) is 5.81. The minimum Gasteiger partial charge on any atom is -0.396 e. The molecule has 3 atom stereocenters. The van der Waals surface area contributed by atoms with E-state index in [1.165, 1.54) is 0 Å². The fourth-order valence-electron chi connectivity index (χ4n) is 2.81. The van der Waals surface area contributed by atoms with Gasteiger partial charge in [-0.1, -0.05) is 19.1 Å². The number of nitrogens with one attached hydrogen (secondary N) is 1. The van der Waals surface area contributed by atoms with E-state index in [1.807, 2.05) is 6.07 Å². The summed E-state index contributed by atoms with van der Waals surface area (Å²) in [6, 6.07) is 5.81. The fourth-order valence-corrected chi connectivity index (χ4v) is 2.81. The third-order valence-electron chi connectivity index (χ3n) is 3.94. The van der Waals surface area contributed by atoms with Crippen molar-refractivity contribution in [1.29, 1.82) is 0 Å². The average Bonchev–Trinajstić information content (AvgIpc) is 2.33. The van der Waals surface area contributed by atoms with Crippen LogP contribution in [0.3, 0.4) is 0 Å². The minimum absolute atomic E-state index is 0.0824. The summed E-state index contributed by atoms with van der Waals surface area (Å²) in [6.07, 6.45) is 2.57. The molecule has 1 aliphatic carbocycles. The topological polar surface area (TPSA) is 32.3 Å². The van der Waals surface area contributed by atoms with Crippen LogP contribution in [-0.4, -0.2) is 17.8 Å². The Labute approximate surface area is 108 Å². The molecule has 0 fully saturated rings. The monoisotopic (exact) mass is 251 g/mol. The van der Waals surface area contributed by atoms with Gasteiger partial charge in [0.2, 0.25) is 0 Å². The highest BCUT2D eigenvalue weighted by Gasteiger charge is 2.28. The molecule has 3 unspecified atom stereocenters. The van der Waals surface area contributed by atoms with Gasteiger partial charge in [0, 0.05) is 18.7 Å². The van der Waals surface area contributed by atoms with E-state index in [4.69, 9.17) is 5.11 Å². The third kappa shape index (κ3) is 2.73. The molecule has 0 saturated carbocycles. The fraction of sp³-hybridized carbons (Fsp3) is 0.600. The van der Waals surface area contributed by atoms with Crippen molar-refractivity contribution in [3.8, 4) is 0 Å². The van der Waals surface area contributed by atoms with E-state index in [9.17, 15) is 4.39 Å². The lowest BCUT2D eigenvalue weighted by Gasteiger charge is -2.34. The first kappa shape index (κ1) is 13.5. The zero-order chi connectivity index (χ0) is 13.1. The summed E-state index contributed by atoms with van der Waals surface area (Å²) in [5.74, 6) is 0.418. The Bertz CT molecular complexity index is 407. The van der Waals surface area contributed by atoms with E-state index in [1.54, 1.807) is 12.1 Å². The summed E-state index contributed by atoms with van der Waals surface area (Å²) >= 11 is 0. The quantitative estimate of drug-likeness (QED) is 0.862. The first-order valence-electron chi connectivity index (χ1n) is 6.77. The highest BCUT2D eigenvalue weighted by atomic mass is 19.1. The molecule has 2 rings (SSSR count). The van der Waals surface area contributed by atoms with E-state index in [-0.39, 0.29) is 24.5 Å². The Morgan fingerprint density at radius 2 is 2.28 bits per heavy atom. The number of aliphatic hydroxyl groups is 1. The maximum absolute atomic E-state index is 13.8. The molecule has 18 heavy (non-hydrogen) atoms. The molecule has 0 heterocycles. The molecule has 100 valence electrons. The normalized spacial score (nSPS) is 24.7. The van der Waals surface area contributed by atoms with E-state index in [0.29, 0.717) is 5.92 Å².